The summed E-state index contributed by atoms with van der Waals surface area (Å²) in [5.74, 6) is 1.16. The number of methoxy groups -OCH3 is 1. The Hall–Kier alpha value is -2.87. The molecular formula is C18H19N3O5. The summed E-state index contributed by atoms with van der Waals surface area (Å²) in [6, 6.07) is 5.92. The van der Waals surface area contributed by atoms with Crippen LogP contribution >= 0.6 is 0 Å². The summed E-state index contributed by atoms with van der Waals surface area (Å²) in [4.78, 5) is 22.1. The van der Waals surface area contributed by atoms with Crippen molar-refractivity contribution in [2.45, 2.75) is 18.4 Å². The highest BCUT2D eigenvalue weighted by Gasteiger charge is 2.32. The SMILES string of the molecule is COc1ncc(C(=O)N2CC[C@@H](c3ccc4c(c3)OCO4)[C@H](O)C2)cn1. The lowest BCUT2D eigenvalue weighted by atomic mass is 9.86. The van der Waals surface area contributed by atoms with Crippen LogP contribution in [0.2, 0.25) is 0 Å². The van der Waals surface area contributed by atoms with Crippen molar-refractivity contribution in [3.8, 4) is 17.5 Å². The second-order valence-electron chi connectivity index (χ2n) is 6.28. The zero-order valence-electron chi connectivity index (χ0n) is 14.3. The number of aromatic nitrogens is 2. The number of rotatable bonds is 3. The first-order valence-corrected chi connectivity index (χ1v) is 8.38. The van der Waals surface area contributed by atoms with Crippen molar-refractivity contribution in [2.75, 3.05) is 27.0 Å². The Kier molecular flexibility index (Phi) is 4.34. The number of aliphatic hydroxyl groups is 1. The number of hydrogen-bond acceptors (Lipinski definition) is 7. The van der Waals surface area contributed by atoms with Gasteiger partial charge in [0.25, 0.3) is 5.91 Å². The molecule has 8 heteroatoms. The number of benzene rings is 1. The van der Waals surface area contributed by atoms with E-state index in [1.807, 2.05) is 18.2 Å². The molecule has 4 rings (SSSR count). The number of piperidine rings is 1. The van der Waals surface area contributed by atoms with Crippen molar-refractivity contribution in [2.24, 2.45) is 0 Å². The fraction of sp³-hybridized carbons (Fsp3) is 0.389. The summed E-state index contributed by atoms with van der Waals surface area (Å²) in [5, 5.41) is 10.6. The van der Waals surface area contributed by atoms with Gasteiger partial charge in [-0.15, -0.1) is 0 Å². The van der Waals surface area contributed by atoms with Gasteiger partial charge < -0.3 is 24.2 Å². The van der Waals surface area contributed by atoms with Gasteiger partial charge in [-0.05, 0) is 24.1 Å². The lowest BCUT2D eigenvalue weighted by molar-refractivity contribution is 0.0381. The number of ether oxygens (including phenoxy) is 3. The van der Waals surface area contributed by atoms with Crippen LogP contribution in [0.5, 0.6) is 17.5 Å². The molecule has 2 aliphatic rings. The van der Waals surface area contributed by atoms with E-state index in [9.17, 15) is 9.90 Å². The van der Waals surface area contributed by atoms with Crippen LogP contribution in [-0.2, 0) is 0 Å². The monoisotopic (exact) mass is 357 g/mol. The molecule has 1 saturated heterocycles. The molecule has 0 saturated carbocycles. The maximum Gasteiger partial charge on any atom is 0.316 e. The predicted octanol–water partition coefficient (Wildman–Crippen LogP) is 1.20. The van der Waals surface area contributed by atoms with Crippen molar-refractivity contribution in [3.05, 3.63) is 41.7 Å². The fourth-order valence-corrected chi connectivity index (χ4v) is 3.36. The number of hydrogen-bond donors (Lipinski definition) is 1. The molecule has 2 aromatic rings. The number of aliphatic hydroxyl groups excluding tert-OH is 1. The van der Waals surface area contributed by atoms with Crippen molar-refractivity contribution < 1.29 is 24.1 Å². The second-order valence-corrected chi connectivity index (χ2v) is 6.28. The van der Waals surface area contributed by atoms with E-state index in [1.165, 1.54) is 19.5 Å². The van der Waals surface area contributed by atoms with E-state index >= 15 is 0 Å². The van der Waals surface area contributed by atoms with Crippen molar-refractivity contribution in [1.29, 1.82) is 0 Å². The highest BCUT2D eigenvalue weighted by Crippen LogP contribution is 2.37. The molecule has 0 bridgehead atoms. The van der Waals surface area contributed by atoms with Gasteiger partial charge in [0.2, 0.25) is 6.79 Å². The maximum atomic E-state index is 12.6. The van der Waals surface area contributed by atoms with Crippen LogP contribution in [0.1, 0.15) is 28.3 Å². The molecule has 1 aromatic carbocycles. The first-order chi connectivity index (χ1) is 12.7. The minimum Gasteiger partial charge on any atom is -0.467 e. The molecule has 1 aromatic heterocycles. The van der Waals surface area contributed by atoms with Crippen LogP contribution in [0, 0.1) is 0 Å². The second kappa shape index (κ2) is 6.80. The van der Waals surface area contributed by atoms with Crippen molar-refractivity contribution in [1.82, 2.24) is 14.9 Å². The summed E-state index contributed by atoms with van der Waals surface area (Å²) >= 11 is 0. The van der Waals surface area contributed by atoms with Gasteiger partial charge in [-0.1, -0.05) is 6.07 Å². The third kappa shape index (κ3) is 3.03. The first kappa shape index (κ1) is 16.6. The van der Waals surface area contributed by atoms with E-state index < -0.39 is 6.10 Å². The number of β-amino-alcohol motifs (C(OH)–C–C–N with tert-alkyl or cyclic N) is 1. The molecule has 0 unspecified atom stereocenters. The highest BCUT2D eigenvalue weighted by molar-refractivity contribution is 5.93. The van der Waals surface area contributed by atoms with E-state index in [0.717, 1.165) is 11.3 Å². The Morgan fingerprint density at radius 3 is 2.77 bits per heavy atom. The van der Waals surface area contributed by atoms with E-state index in [2.05, 4.69) is 9.97 Å². The van der Waals surface area contributed by atoms with Crippen LogP contribution < -0.4 is 14.2 Å². The smallest absolute Gasteiger partial charge is 0.316 e. The van der Waals surface area contributed by atoms with Crippen molar-refractivity contribution in [3.63, 3.8) is 0 Å². The molecule has 1 amide bonds. The van der Waals surface area contributed by atoms with Gasteiger partial charge in [0, 0.05) is 31.4 Å². The predicted molar refractivity (Wildman–Crippen MR) is 90.4 cm³/mol. The highest BCUT2D eigenvalue weighted by atomic mass is 16.7. The van der Waals surface area contributed by atoms with E-state index in [4.69, 9.17) is 14.2 Å². The normalized spacial score (nSPS) is 21.5. The molecule has 1 N–H and O–H groups in total. The third-order valence-electron chi connectivity index (χ3n) is 4.75. The third-order valence-corrected chi connectivity index (χ3v) is 4.75. The van der Waals surface area contributed by atoms with E-state index in [-0.39, 0.29) is 31.2 Å². The molecule has 2 aliphatic heterocycles. The minimum atomic E-state index is -0.660. The topological polar surface area (TPSA) is 94.0 Å². The summed E-state index contributed by atoms with van der Waals surface area (Å²) in [5.41, 5.74) is 1.36. The molecule has 0 radical (unpaired) electrons. The maximum absolute atomic E-state index is 12.6. The van der Waals surface area contributed by atoms with Crippen LogP contribution in [0.4, 0.5) is 0 Å². The van der Waals surface area contributed by atoms with Gasteiger partial charge in [-0.25, -0.2) is 9.97 Å². The molecule has 3 heterocycles. The van der Waals surface area contributed by atoms with Crippen molar-refractivity contribution >= 4 is 5.91 Å². The average Bonchev–Trinajstić information content (AvgIpc) is 3.15. The zero-order valence-corrected chi connectivity index (χ0v) is 14.3. The molecular weight excluding hydrogens is 338 g/mol. The zero-order chi connectivity index (χ0) is 18.1. The Morgan fingerprint density at radius 1 is 1.27 bits per heavy atom. The number of carbonyl (C=O) groups excluding carboxylic acids is 1. The molecule has 136 valence electrons. The summed E-state index contributed by atoms with van der Waals surface area (Å²) in [7, 11) is 1.47. The summed E-state index contributed by atoms with van der Waals surface area (Å²) in [6.45, 7) is 1.02. The number of fused-ring (bicyclic) bond motifs is 1. The Labute approximate surface area is 150 Å². The van der Waals surface area contributed by atoms with Gasteiger partial charge in [0.15, 0.2) is 11.5 Å². The van der Waals surface area contributed by atoms with Crippen LogP contribution in [0.25, 0.3) is 0 Å². The quantitative estimate of drug-likeness (QED) is 0.882. The van der Waals surface area contributed by atoms with Gasteiger partial charge >= 0.3 is 6.01 Å². The van der Waals surface area contributed by atoms with E-state index in [0.29, 0.717) is 24.3 Å². The summed E-state index contributed by atoms with van der Waals surface area (Å²) in [6.07, 6.45) is 2.87. The van der Waals surface area contributed by atoms with Gasteiger partial charge in [-0.3, -0.25) is 4.79 Å². The van der Waals surface area contributed by atoms with Crippen LogP contribution in [-0.4, -0.2) is 59.0 Å². The number of likely N-dealkylation sites (tertiary alicyclic amines) is 1. The first-order valence-electron chi connectivity index (χ1n) is 8.38. The van der Waals surface area contributed by atoms with Crippen LogP contribution in [0.15, 0.2) is 30.6 Å². The average molecular weight is 357 g/mol. The minimum absolute atomic E-state index is 0.0549. The fourth-order valence-electron chi connectivity index (χ4n) is 3.36. The van der Waals surface area contributed by atoms with Gasteiger partial charge in [-0.2, -0.15) is 0 Å². The van der Waals surface area contributed by atoms with E-state index in [1.54, 1.807) is 4.90 Å². The van der Waals surface area contributed by atoms with Gasteiger partial charge in [0.05, 0.1) is 18.8 Å². The number of nitrogens with zero attached hydrogens (tertiary/aromatic N) is 3. The largest absolute Gasteiger partial charge is 0.467 e. The Bertz CT molecular complexity index is 811. The lowest BCUT2D eigenvalue weighted by Crippen LogP contribution is -2.45. The summed E-state index contributed by atoms with van der Waals surface area (Å²) < 4.78 is 15.6. The Morgan fingerprint density at radius 2 is 2.04 bits per heavy atom. The molecule has 1 fully saturated rings. The molecule has 0 spiro atoms. The Balaban J connectivity index is 1.45. The number of carbonyl (C=O) groups is 1. The standard InChI is InChI=1S/C18H19N3O5/c1-24-18-19-7-12(8-20-18)17(23)21-5-4-13(14(22)9-21)11-2-3-15-16(6-11)26-10-25-15/h2-3,6-8,13-14,22H,4-5,9-10H2,1H3/t13-,14+/m0/s1. The molecule has 0 aliphatic carbocycles. The molecule has 2 atom stereocenters. The molecule has 26 heavy (non-hydrogen) atoms. The molecule has 8 nitrogen and oxygen atoms in total. The number of amides is 1. The van der Waals surface area contributed by atoms with Crippen LogP contribution in [0.3, 0.4) is 0 Å². The lowest BCUT2D eigenvalue weighted by Gasteiger charge is -2.36. The van der Waals surface area contributed by atoms with Gasteiger partial charge in [0.1, 0.15) is 0 Å².